The molecule has 4 heteroatoms. The number of halogens is 2. The predicted molar refractivity (Wildman–Crippen MR) is 61.1 cm³/mol. The van der Waals surface area contributed by atoms with Gasteiger partial charge in [0.1, 0.15) is 5.82 Å². The van der Waals surface area contributed by atoms with Gasteiger partial charge < -0.3 is 10.2 Å². The highest BCUT2D eigenvalue weighted by molar-refractivity contribution is 6.30. The number of nitrogens with zero attached hydrogens (tertiary/aromatic N) is 1. The summed E-state index contributed by atoms with van der Waals surface area (Å²) < 4.78 is 13.6. The highest BCUT2D eigenvalue weighted by Gasteiger charge is 2.21. The molecule has 2 nitrogen and oxygen atoms in total. The molecule has 1 unspecified atom stereocenters. The third kappa shape index (κ3) is 2.24. The standard InChI is InChI=1S/C11H14ClFN2/c1-15(9-4-5-14-7-9)11-6-8(12)2-3-10(11)13/h2-3,6,9,14H,4-5,7H2,1H3. The van der Waals surface area contributed by atoms with Gasteiger partial charge in [0.2, 0.25) is 0 Å². The molecule has 0 bridgehead atoms. The first-order valence-corrected chi connectivity index (χ1v) is 5.45. The lowest BCUT2D eigenvalue weighted by Crippen LogP contribution is -2.33. The number of benzene rings is 1. The summed E-state index contributed by atoms with van der Waals surface area (Å²) in [4.78, 5) is 1.96. The van der Waals surface area contributed by atoms with E-state index in [1.54, 1.807) is 12.1 Å². The van der Waals surface area contributed by atoms with Crippen molar-refractivity contribution in [3.05, 3.63) is 29.0 Å². The van der Waals surface area contributed by atoms with Gasteiger partial charge in [0.15, 0.2) is 0 Å². The lowest BCUT2D eigenvalue weighted by atomic mass is 10.2. The Morgan fingerprint density at radius 2 is 2.33 bits per heavy atom. The van der Waals surface area contributed by atoms with E-state index in [4.69, 9.17) is 11.6 Å². The molecule has 15 heavy (non-hydrogen) atoms. The molecule has 0 saturated carbocycles. The Hall–Kier alpha value is -0.800. The molecule has 1 saturated heterocycles. The first-order chi connectivity index (χ1) is 7.18. The fourth-order valence-corrected chi connectivity index (χ4v) is 2.09. The molecule has 0 amide bonds. The van der Waals surface area contributed by atoms with E-state index in [9.17, 15) is 4.39 Å². The Bertz CT molecular complexity index is 350. The number of hydrogen-bond donors (Lipinski definition) is 1. The van der Waals surface area contributed by atoms with Crippen LogP contribution in [0.5, 0.6) is 0 Å². The molecule has 0 aliphatic carbocycles. The summed E-state index contributed by atoms with van der Waals surface area (Å²) in [5.41, 5.74) is 0.580. The Morgan fingerprint density at radius 3 is 3.00 bits per heavy atom. The van der Waals surface area contributed by atoms with Crippen LogP contribution in [0.1, 0.15) is 6.42 Å². The molecular formula is C11H14ClFN2. The third-order valence-corrected chi connectivity index (χ3v) is 3.11. The minimum absolute atomic E-state index is 0.214. The van der Waals surface area contributed by atoms with Crippen LogP contribution in [-0.4, -0.2) is 26.2 Å². The van der Waals surface area contributed by atoms with Crippen molar-refractivity contribution in [1.82, 2.24) is 5.32 Å². The Morgan fingerprint density at radius 1 is 1.53 bits per heavy atom. The maximum absolute atomic E-state index is 13.6. The molecule has 1 aliphatic heterocycles. The minimum atomic E-state index is -0.214. The van der Waals surface area contributed by atoms with Gasteiger partial charge in [-0.05, 0) is 31.2 Å². The largest absolute Gasteiger partial charge is 0.368 e. The quantitative estimate of drug-likeness (QED) is 0.836. The fourth-order valence-electron chi connectivity index (χ4n) is 1.92. The van der Waals surface area contributed by atoms with Crippen LogP contribution < -0.4 is 10.2 Å². The summed E-state index contributed by atoms with van der Waals surface area (Å²) in [6.45, 7) is 1.90. The van der Waals surface area contributed by atoms with Crippen molar-refractivity contribution >= 4 is 17.3 Å². The third-order valence-electron chi connectivity index (χ3n) is 2.87. The van der Waals surface area contributed by atoms with Crippen molar-refractivity contribution in [2.45, 2.75) is 12.5 Å². The smallest absolute Gasteiger partial charge is 0.146 e. The summed E-state index contributed by atoms with van der Waals surface area (Å²) in [5.74, 6) is -0.214. The van der Waals surface area contributed by atoms with Crippen LogP contribution in [-0.2, 0) is 0 Å². The van der Waals surface area contributed by atoms with Crippen LogP contribution in [0.4, 0.5) is 10.1 Å². The van der Waals surface area contributed by atoms with Crippen LogP contribution in [0.3, 0.4) is 0 Å². The second-order valence-electron chi connectivity index (χ2n) is 3.85. The SMILES string of the molecule is CN(c1cc(Cl)ccc1F)C1CCNC1. The molecular weight excluding hydrogens is 215 g/mol. The number of anilines is 1. The number of nitrogens with one attached hydrogen (secondary N) is 1. The monoisotopic (exact) mass is 228 g/mol. The van der Waals surface area contributed by atoms with E-state index in [0.29, 0.717) is 16.8 Å². The predicted octanol–water partition coefficient (Wildman–Crippen LogP) is 2.28. The van der Waals surface area contributed by atoms with E-state index < -0.39 is 0 Å². The second-order valence-corrected chi connectivity index (χ2v) is 4.29. The normalized spacial score (nSPS) is 20.6. The van der Waals surface area contributed by atoms with E-state index in [1.165, 1.54) is 6.07 Å². The second kappa shape index (κ2) is 4.37. The van der Waals surface area contributed by atoms with Gasteiger partial charge in [0.25, 0.3) is 0 Å². The first-order valence-electron chi connectivity index (χ1n) is 5.07. The lowest BCUT2D eigenvalue weighted by molar-refractivity contribution is 0.604. The summed E-state index contributed by atoms with van der Waals surface area (Å²) in [5, 5.41) is 3.83. The summed E-state index contributed by atoms with van der Waals surface area (Å²) in [7, 11) is 1.91. The molecule has 1 N–H and O–H groups in total. The summed E-state index contributed by atoms with van der Waals surface area (Å²) in [6, 6.07) is 5.02. The van der Waals surface area contributed by atoms with E-state index in [1.807, 2.05) is 11.9 Å². The molecule has 1 atom stereocenters. The van der Waals surface area contributed by atoms with Crippen molar-refractivity contribution in [1.29, 1.82) is 0 Å². The number of rotatable bonds is 2. The number of hydrogen-bond acceptors (Lipinski definition) is 2. The topological polar surface area (TPSA) is 15.3 Å². The van der Waals surface area contributed by atoms with Crippen molar-refractivity contribution in [3.8, 4) is 0 Å². The molecule has 1 aromatic rings. The highest BCUT2D eigenvalue weighted by atomic mass is 35.5. The Balaban J connectivity index is 2.23. The first kappa shape index (κ1) is 10.7. The van der Waals surface area contributed by atoms with E-state index >= 15 is 0 Å². The zero-order valence-electron chi connectivity index (χ0n) is 8.63. The van der Waals surface area contributed by atoms with Gasteiger partial charge in [-0.15, -0.1) is 0 Å². The molecule has 0 radical (unpaired) electrons. The minimum Gasteiger partial charge on any atom is -0.368 e. The zero-order valence-corrected chi connectivity index (χ0v) is 9.39. The van der Waals surface area contributed by atoms with Crippen molar-refractivity contribution in [2.24, 2.45) is 0 Å². The van der Waals surface area contributed by atoms with Crippen molar-refractivity contribution < 1.29 is 4.39 Å². The van der Waals surface area contributed by atoms with Gasteiger partial charge in [0.05, 0.1) is 5.69 Å². The molecule has 0 aromatic heterocycles. The van der Waals surface area contributed by atoms with Gasteiger partial charge in [-0.1, -0.05) is 11.6 Å². The fraction of sp³-hybridized carbons (Fsp3) is 0.455. The lowest BCUT2D eigenvalue weighted by Gasteiger charge is -2.26. The average Bonchev–Trinajstić information content (AvgIpc) is 2.74. The number of likely N-dealkylation sites (N-methyl/N-ethyl adjacent to an activating group) is 1. The van der Waals surface area contributed by atoms with Gasteiger partial charge in [-0.25, -0.2) is 4.39 Å². The molecule has 1 fully saturated rings. The molecule has 1 heterocycles. The van der Waals surface area contributed by atoms with Crippen LogP contribution in [0.15, 0.2) is 18.2 Å². The van der Waals surface area contributed by atoms with Gasteiger partial charge >= 0.3 is 0 Å². The van der Waals surface area contributed by atoms with Crippen LogP contribution in [0, 0.1) is 5.82 Å². The van der Waals surface area contributed by atoms with Gasteiger partial charge in [0, 0.05) is 24.7 Å². The van der Waals surface area contributed by atoms with Crippen LogP contribution >= 0.6 is 11.6 Å². The average molecular weight is 229 g/mol. The van der Waals surface area contributed by atoms with E-state index in [2.05, 4.69) is 5.32 Å². The summed E-state index contributed by atoms with van der Waals surface area (Å²) >= 11 is 5.86. The van der Waals surface area contributed by atoms with Gasteiger partial charge in [-0.3, -0.25) is 0 Å². The highest BCUT2D eigenvalue weighted by Crippen LogP contribution is 2.25. The molecule has 82 valence electrons. The molecule has 0 spiro atoms. The van der Waals surface area contributed by atoms with Crippen molar-refractivity contribution in [2.75, 3.05) is 25.0 Å². The molecule has 1 aliphatic rings. The molecule has 1 aromatic carbocycles. The maximum Gasteiger partial charge on any atom is 0.146 e. The van der Waals surface area contributed by atoms with E-state index in [0.717, 1.165) is 19.5 Å². The van der Waals surface area contributed by atoms with Crippen molar-refractivity contribution in [3.63, 3.8) is 0 Å². The van der Waals surface area contributed by atoms with Crippen LogP contribution in [0.25, 0.3) is 0 Å². The molecule has 2 rings (SSSR count). The summed E-state index contributed by atoms with van der Waals surface area (Å²) in [6.07, 6.45) is 1.04. The zero-order chi connectivity index (χ0) is 10.8. The van der Waals surface area contributed by atoms with Crippen LogP contribution in [0.2, 0.25) is 5.02 Å². The maximum atomic E-state index is 13.6. The Labute approximate surface area is 94.0 Å². The Kier molecular flexibility index (Phi) is 3.12. The van der Waals surface area contributed by atoms with E-state index in [-0.39, 0.29) is 5.82 Å². The van der Waals surface area contributed by atoms with Gasteiger partial charge in [-0.2, -0.15) is 0 Å².